The number of carbonyl (C=O) groups excluding carboxylic acids is 4. The van der Waals surface area contributed by atoms with Gasteiger partial charge in [-0.15, -0.1) is 0 Å². The normalized spacial score (nSPS) is 10.8. The Bertz CT molecular complexity index is 1350. The van der Waals surface area contributed by atoms with Gasteiger partial charge in [-0.1, -0.05) is 0 Å². The van der Waals surface area contributed by atoms with Crippen LogP contribution < -0.4 is 0 Å². The van der Waals surface area contributed by atoms with Crippen molar-refractivity contribution in [1.82, 2.24) is 0 Å². The topological polar surface area (TPSA) is 301 Å². The summed E-state index contributed by atoms with van der Waals surface area (Å²) in [5.74, 6) is -4.07. The van der Waals surface area contributed by atoms with Crippen LogP contribution in [0.3, 0.4) is 0 Å². The molecule has 21 heteroatoms. The van der Waals surface area contributed by atoms with Crippen LogP contribution in [0.5, 0.6) is 0 Å². The molecule has 0 aliphatic rings. The molecular formula is C24H26NiO18S2. The summed E-state index contributed by atoms with van der Waals surface area (Å²) in [5.41, 5.74) is -1.44. The van der Waals surface area contributed by atoms with Crippen molar-refractivity contribution in [2.45, 2.75) is 9.79 Å². The van der Waals surface area contributed by atoms with Crippen molar-refractivity contribution < 1.29 is 101 Å². The smallest absolute Gasteiger partial charge is 0.744 e. The van der Waals surface area contributed by atoms with Crippen LogP contribution >= 0.6 is 0 Å². The monoisotopic (exact) mass is 724 g/mol. The average Bonchev–Trinajstić information content (AvgIpc) is 2.98. The number of ether oxygens (including phenoxy) is 4. The Kier molecular flexibility index (Phi) is 18.2. The second-order valence-corrected chi connectivity index (χ2v) is 10.6. The van der Waals surface area contributed by atoms with E-state index in [4.69, 9.17) is 20.4 Å². The van der Waals surface area contributed by atoms with E-state index in [-0.39, 0.29) is 65.2 Å². The molecule has 4 N–H and O–H groups in total. The molecule has 0 aliphatic heterocycles. The van der Waals surface area contributed by atoms with Gasteiger partial charge in [0.1, 0.15) is 46.7 Å². The molecule has 0 aromatic heterocycles. The summed E-state index contributed by atoms with van der Waals surface area (Å²) >= 11 is 0. The van der Waals surface area contributed by atoms with E-state index in [9.17, 15) is 45.1 Å². The molecule has 0 saturated heterocycles. The van der Waals surface area contributed by atoms with E-state index in [1.165, 1.54) is 0 Å². The van der Waals surface area contributed by atoms with Crippen molar-refractivity contribution in [2.75, 3.05) is 52.9 Å². The zero-order valence-electron chi connectivity index (χ0n) is 22.8. The first kappa shape index (κ1) is 41.5. The minimum atomic E-state index is -4.92. The number of rotatable bonds is 14. The quantitative estimate of drug-likeness (QED) is 0.0693. The zero-order chi connectivity index (χ0) is 33.5. The number of benzene rings is 2. The molecule has 0 spiro atoms. The third kappa shape index (κ3) is 14.4. The van der Waals surface area contributed by atoms with Crippen LogP contribution in [0.15, 0.2) is 46.2 Å². The summed E-state index contributed by atoms with van der Waals surface area (Å²) in [6.07, 6.45) is 0. The van der Waals surface area contributed by atoms with Crippen molar-refractivity contribution in [3.8, 4) is 0 Å². The summed E-state index contributed by atoms with van der Waals surface area (Å²) in [7, 11) is -9.84. The van der Waals surface area contributed by atoms with Crippen LogP contribution in [0.2, 0.25) is 0 Å². The Hall–Kier alpha value is -3.53. The van der Waals surface area contributed by atoms with Gasteiger partial charge in [0.15, 0.2) is 0 Å². The van der Waals surface area contributed by atoms with Crippen molar-refractivity contribution >= 4 is 44.1 Å². The van der Waals surface area contributed by atoms with Crippen LogP contribution in [0.25, 0.3) is 0 Å². The molecule has 2 aromatic carbocycles. The van der Waals surface area contributed by atoms with Crippen LogP contribution in [0.1, 0.15) is 41.4 Å². The Morgan fingerprint density at radius 1 is 0.489 bits per heavy atom. The maximum Gasteiger partial charge on any atom is 2.00 e. The number of hydrogen-bond donors (Lipinski definition) is 4. The van der Waals surface area contributed by atoms with Gasteiger partial charge in [-0.25, -0.2) is 36.0 Å². The van der Waals surface area contributed by atoms with E-state index >= 15 is 0 Å². The molecule has 252 valence electrons. The molecule has 0 bridgehead atoms. The molecule has 0 atom stereocenters. The van der Waals surface area contributed by atoms with Crippen molar-refractivity contribution in [2.24, 2.45) is 0 Å². The molecule has 0 heterocycles. The minimum Gasteiger partial charge on any atom is -0.744 e. The maximum absolute atomic E-state index is 11.6. The SMILES string of the molecule is O=C(OCCO)c1cc(C(=O)OCCO)cc(S(=O)(=O)[O-])c1.O=C(OCCO)c1cc(C(=O)OCCO)cc(S(=O)(=O)[O-])c1.[Ni+2]. The van der Waals surface area contributed by atoms with Gasteiger partial charge < -0.3 is 48.5 Å². The molecule has 0 unspecified atom stereocenters. The zero-order valence-corrected chi connectivity index (χ0v) is 25.4. The molecule has 0 aliphatic carbocycles. The van der Waals surface area contributed by atoms with Crippen molar-refractivity contribution in [1.29, 1.82) is 0 Å². The van der Waals surface area contributed by atoms with Gasteiger partial charge in [0.25, 0.3) is 0 Å². The molecule has 45 heavy (non-hydrogen) atoms. The van der Waals surface area contributed by atoms with Gasteiger partial charge in [0.05, 0.1) is 58.5 Å². The number of aliphatic hydroxyl groups excluding tert-OH is 4. The summed E-state index contributed by atoms with van der Waals surface area (Å²) in [6, 6.07) is 4.98. The number of esters is 4. The van der Waals surface area contributed by atoms with Gasteiger partial charge in [-0.3, -0.25) is 0 Å². The van der Waals surface area contributed by atoms with Gasteiger partial charge in [0.2, 0.25) is 0 Å². The third-order valence-electron chi connectivity index (χ3n) is 4.63. The van der Waals surface area contributed by atoms with Crippen LogP contribution in [-0.2, 0) is 55.7 Å². The fourth-order valence-electron chi connectivity index (χ4n) is 2.84. The third-order valence-corrected chi connectivity index (χ3v) is 6.26. The van der Waals surface area contributed by atoms with Crippen molar-refractivity contribution in [3.05, 3.63) is 58.7 Å². The Balaban J connectivity index is 0.000000842. The van der Waals surface area contributed by atoms with Crippen LogP contribution in [0.4, 0.5) is 0 Å². The molecule has 0 fully saturated rings. The number of hydrogen-bond acceptors (Lipinski definition) is 18. The minimum absolute atomic E-state index is 0. The summed E-state index contributed by atoms with van der Waals surface area (Å²) in [5, 5.41) is 34.3. The predicted octanol–water partition coefficient (Wildman–Crippen LogP) is -2.22. The largest absolute Gasteiger partial charge is 2.00 e. The molecule has 18 nitrogen and oxygen atoms in total. The second kappa shape index (κ2) is 19.8. The number of aliphatic hydroxyl groups is 4. The molecule has 0 amide bonds. The molecular weight excluding hydrogens is 699 g/mol. The van der Waals surface area contributed by atoms with Crippen LogP contribution in [0, 0.1) is 0 Å². The first-order valence-corrected chi connectivity index (χ1v) is 14.7. The van der Waals surface area contributed by atoms with Gasteiger partial charge in [-0.05, 0) is 36.4 Å². The van der Waals surface area contributed by atoms with E-state index in [1.54, 1.807) is 0 Å². The Morgan fingerprint density at radius 3 is 0.844 bits per heavy atom. The second-order valence-electron chi connectivity index (χ2n) is 7.84. The molecule has 2 rings (SSSR count). The number of carbonyl (C=O) groups is 4. The van der Waals surface area contributed by atoms with E-state index in [0.29, 0.717) is 0 Å². The maximum atomic E-state index is 11.6. The fraction of sp³-hybridized carbons (Fsp3) is 0.333. The van der Waals surface area contributed by atoms with E-state index < -0.39 is 80.3 Å². The van der Waals surface area contributed by atoms with Crippen LogP contribution in [-0.4, -0.2) is 123 Å². The van der Waals surface area contributed by atoms with Gasteiger partial charge >= 0.3 is 40.4 Å². The standard InChI is InChI=1S/2C12H14O9S.Ni/c2*13-1-3-20-11(15)8-5-9(12(16)21-4-2-14)7-10(6-8)22(17,18)19;/h2*5-7,13-14H,1-4H2,(H,17,18,19);/q;;+2/p-2. The summed E-state index contributed by atoms with van der Waals surface area (Å²) in [6.45, 7) is -3.13. The first-order chi connectivity index (χ1) is 20.6. The Labute approximate surface area is 265 Å². The van der Waals surface area contributed by atoms with Crippen molar-refractivity contribution in [3.63, 3.8) is 0 Å². The van der Waals surface area contributed by atoms with E-state index in [0.717, 1.165) is 36.4 Å². The van der Waals surface area contributed by atoms with Gasteiger partial charge in [0, 0.05) is 0 Å². The predicted molar refractivity (Wildman–Crippen MR) is 138 cm³/mol. The fourth-order valence-corrected chi connectivity index (χ4v) is 3.93. The summed E-state index contributed by atoms with van der Waals surface area (Å²) in [4.78, 5) is 45.0. The molecule has 2 aromatic rings. The summed E-state index contributed by atoms with van der Waals surface area (Å²) < 4.78 is 84.8. The molecule has 0 saturated carbocycles. The average molecular weight is 725 g/mol. The first-order valence-electron chi connectivity index (χ1n) is 11.9. The Morgan fingerprint density at radius 2 is 0.689 bits per heavy atom. The van der Waals surface area contributed by atoms with E-state index in [2.05, 4.69) is 18.9 Å². The van der Waals surface area contributed by atoms with E-state index in [1.807, 2.05) is 0 Å². The molecule has 0 radical (unpaired) electrons. The van der Waals surface area contributed by atoms with Gasteiger partial charge in [-0.2, -0.15) is 0 Å².